The van der Waals surface area contributed by atoms with Crippen LogP contribution in [0.5, 0.6) is 0 Å². The molecule has 2 atom stereocenters. The quantitative estimate of drug-likeness (QED) is 0.650. The van der Waals surface area contributed by atoms with Gasteiger partial charge in [0.1, 0.15) is 0 Å². The molecule has 2 unspecified atom stereocenters. The molecule has 0 aromatic rings. The van der Waals surface area contributed by atoms with Crippen LogP contribution in [0.3, 0.4) is 0 Å². The van der Waals surface area contributed by atoms with E-state index in [0.29, 0.717) is 12.5 Å². The van der Waals surface area contributed by atoms with Crippen LogP contribution in [0.25, 0.3) is 0 Å². The van der Waals surface area contributed by atoms with E-state index < -0.39 is 10.2 Å². The summed E-state index contributed by atoms with van der Waals surface area (Å²) in [6.07, 6.45) is 2.00. The molecule has 0 bridgehead atoms. The van der Waals surface area contributed by atoms with Gasteiger partial charge in [-0.15, -0.1) is 0 Å². The highest BCUT2D eigenvalue weighted by Gasteiger charge is 2.29. The number of hydrogen-bond donors (Lipinski definition) is 1. The Bertz CT molecular complexity index is 250. The van der Waals surface area contributed by atoms with E-state index in [1.54, 1.807) is 0 Å². The number of nitrogens with zero attached hydrogens (tertiary/aromatic N) is 1. The van der Waals surface area contributed by atoms with Crippen molar-refractivity contribution in [2.24, 2.45) is 11.1 Å². The van der Waals surface area contributed by atoms with Crippen LogP contribution < -0.4 is 5.14 Å². The van der Waals surface area contributed by atoms with Gasteiger partial charge in [-0.25, -0.2) is 5.14 Å². The molecular weight excluding hydrogens is 176 g/mol. The lowest BCUT2D eigenvalue weighted by atomic mass is 9.97. The summed E-state index contributed by atoms with van der Waals surface area (Å²) in [4.78, 5) is 0. The fourth-order valence-corrected chi connectivity index (χ4v) is 2.67. The molecule has 1 fully saturated rings. The first-order chi connectivity index (χ1) is 5.41. The largest absolute Gasteiger partial charge is 0.277 e. The Hall–Kier alpha value is -0.130. The highest BCUT2D eigenvalue weighted by atomic mass is 32.2. The molecule has 0 radical (unpaired) electrons. The smallest absolute Gasteiger partial charge is 0.216 e. The monoisotopic (exact) mass is 192 g/mol. The molecular formula is C7H16N2O2S. The standard InChI is InChI=1S/C7H16N2O2S/c1-6-3-4-7(2)9(5-6)12(8,10)11/h6-7H,3-5H2,1-2H3,(H2,8,10,11). The summed E-state index contributed by atoms with van der Waals surface area (Å²) in [6.45, 7) is 4.51. The van der Waals surface area contributed by atoms with Gasteiger partial charge >= 0.3 is 0 Å². The van der Waals surface area contributed by atoms with E-state index in [2.05, 4.69) is 0 Å². The molecule has 1 aliphatic heterocycles. The van der Waals surface area contributed by atoms with Gasteiger partial charge in [0.2, 0.25) is 0 Å². The molecule has 5 heteroatoms. The third-order valence-corrected chi connectivity index (χ3v) is 3.55. The zero-order chi connectivity index (χ0) is 9.35. The van der Waals surface area contributed by atoms with Gasteiger partial charge in [0.15, 0.2) is 0 Å². The second kappa shape index (κ2) is 3.32. The topological polar surface area (TPSA) is 63.4 Å². The molecule has 0 spiro atoms. The minimum Gasteiger partial charge on any atom is -0.216 e. The third kappa shape index (κ3) is 2.18. The van der Waals surface area contributed by atoms with E-state index in [9.17, 15) is 8.42 Å². The first-order valence-corrected chi connectivity index (χ1v) is 5.71. The first kappa shape index (κ1) is 9.95. The maximum atomic E-state index is 11.0. The van der Waals surface area contributed by atoms with Crippen molar-refractivity contribution in [2.45, 2.75) is 32.7 Å². The summed E-state index contributed by atoms with van der Waals surface area (Å²) >= 11 is 0. The van der Waals surface area contributed by atoms with Crippen LogP contribution in [0.2, 0.25) is 0 Å². The van der Waals surface area contributed by atoms with Gasteiger partial charge in [-0.05, 0) is 25.7 Å². The maximum absolute atomic E-state index is 11.0. The number of piperidine rings is 1. The van der Waals surface area contributed by atoms with Crippen molar-refractivity contribution in [3.05, 3.63) is 0 Å². The first-order valence-electron chi connectivity index (χ1n) is 4.21. The second-order valence-corrected chi connectivity index (χ2v) is 5.15. The minimum absolute atomic E-state index is 0.0659. The Labute approximate surface area is 73.9 Å². The Balaban J connectivity index is 2.74. The number of rotatable bonds is 1. The zero-order valence-corrected chi connectivity index (χ0v) is 8.34. The van der Waals surface area contributed by atoms with Crippen molar-refractivity contribution < 1.29 is 8.42 Å². The van der Waals surface area contributed by atoms with Gasteiger partial charge in [0.05, 0.1) is 0 Å². The zero-order valence-electron chi connectivity index (χ0n) is 7.53. The van der Waals surface area contributed by atoms with Gasteiger partial charge in [0, 0.05) is 12.6 Å². The molecule has 0 saturated carbocycles. The minimum atomic E-state index is -3.47. The van der Waals surface area contributed by atoms with Crippen LogP contribution in [-0.2, 0) is 10.2 Å². The number of hydrogen-bond acceptors (Lipinski definition) is 2. The molecule has 72 valence electrons. The summed E-state index contributed by atoms with van der Waals surface area (Å²) in [7, 11) is -3.47. The Morgan fingerprint density at radius 1 is 1.33 bits per heavy atom. The molecule has 12 heavy (non-hydrogen) atoms. The van der Waals surface area contributed by atoms with Crippen molar-refractivity contribution in [1.82, 2.24) is 4.31 Å². The van der Waals surface area contributed by atoms with Crippen molar-refractivity contribution in [2.75, 3.05) is 6.54 Å². The molecule has 0 amide bonds. The van der Waals surface area contributed by atoms with Crippen molar-refractivity contribution in [3.8, 4) is 0 Å². The molecule has 1 aliphatic rings. The average Bonchev–Trinajstić information content (AvgIpc) is 1.92. The van der Waals surface area contributed by atoms with Gasteiger partial charge in [-0.2, -0.15) is 12.7 Å². The fraction of sp³-hybridized carbons (Fsp3) is 1.00. The molecule has 1 saturated heterocycles. The van der Waals surface area contributed by atoms with Crippen LogP contribution in [-0.4, -0.2) is 25.3 Å². The molecule has 1 heterocycles. The molecule has 4 nitrogen and oxygen atoms in total. The van der Waals surface area contributed by atoms with Crippen molar-refractivity contribution >= 4 is 10.2 Å². The normalized spacial score (nSPS) is 33.6. The maximum Gasteiger partial charge on any atom is 0.277 e. The predicted molar refractivity (Wildman–Crippen MR) is 47.7 cm³/mol. The van der Waals surface area contributed by atoms with E-state index in [1.165, 1.54) is 4.31 Å². The summed E-state index contributed by atoms with van der Waals surface area (Å²) in [5.41, 5.74) is 0. The van der Waals surface area contributed by atoms with Gasteiger partial charge in [-0.3, -0.25) is 0 Å². The van der Waals surface area contributed by atoms with E-state index >= 15 is 0 Å². The Morgan fingerprint density at radius 2 is 1.92 bits per heavy atom. The summed E-state index contributed by atoms with van der Waals surface area (Å²) in [6, 6.07) is 0.0659. The molecule has 0 aromatic heterocycles. The number of nitrogens with two attached hydrogens (primary N) is 1. The van der Waals surface area contributed by atoms with Crippen molar-refractivity contribution in [1.29, 1.82) is 0 Å². The molecule has 0 aliphatic carbocycles. The van der Waals surface area contributed by atoms with Crippen LogP contribution in [0, 0.1) is 5.92 Å². The second-order valence-electron chi connectivity index (χ2n) is 3.65. The Kier molecular flexibility index (Phi) is 2.75. The van der Waals surface area contributed by atoms with Gasteiger partial charge in [-0.1, -0.05) is 6.92 Å². The van der Waals surface area contributed by atoms with E-state index in [1.807, 2.05) is 13.8 Å². The predicted octanol–water partition coefficient (Wildman–Crippen LogP) is 0.310. The van der Waals surface area contributed by atoms with Crippen molar-refractivity contribution in [3.63, 3.8) is 0 Å². The molecule has 2 N–H and O–H groups in total. The molecule has 0 aromatic carbocycles. The molecule has 1 rings (SSSR count). The Morgan fingerprint density at radius 3 is 2.33 bits per heavy atom. The highest BCUT2D eigenvalue weighted by molar-refractivity contribution is 7.86. The van der Waals surface area contributed by atoms with Crippen LogP contribution in [0.4, 0.5) is 0 Å². The van der Waals surface area contributed by atoms with E-state index in [-0.39, 0.29) is 6.04 Å². The van der Waals surface area contributed by atoms with E-state index in [4.69, 9.17) is 5.14 Å². The van der Waals surface area contributed by atoms with Crippen LogP contribution >= 0.6 is 0 Å². The lowest BCUT2D eigenvalue weighted by Gasteiger charge is -2.34. The summed E-state index contributed by atoms with van der Waals surface area (Å²) in [5, 5.41) is 5.06. The fourth-order valence-electron chi connectivity index (χ4n) is 1.60. The SMILES string of the molecule is CC1CCC(C)N(S(N)(=O)=O)C1. The average molecular weight is 192 g/mol. The van der Waals surface area contributed by atoms with Crippen LogP contribution in [0.1, 0.15) is 26.7 Å². The lowest BCUT2D eigenvalue weighted by Crippen LogP contribution is -2.47. The summed E-state index contributed by atoms with van der Waals surface area (Å²) < 4.78 is 23.5. The van der Waals surface area contributed by atoms with Crippen LogP contribution in [0.15, 0.2) is 0 Å². The van der Waals surface area contributed by atoms with E-state index in [0.717, 1.165) is 12.8 Å². The highest BCUT2D eigenvalue weighted by Crippen LogP contribution is 2.22. The van der Waals surface area contributed by atoms with Gasteiger partial charge < -0.3 is 0 Å². The third-order valence-electron chi connectivity index (χ3n) is 2.39. The van der Waals surface area contributed by atoms with Gasteiger partial charge in [0.25, 0.3) is 10.2 Å². The lowest BCUT2D eigenvalue weighted by molar-refractivity contribution is 0.218. The summed E-state index contributed by atoms with van der Waals surface area (Å²) in [5.74, 6) is 0.430.